The molecule has 0 saturated heterocycles. The van der Waals surface area contributed by atoms with Gasteiger partial charge in [-0.05, 0) is 93.9 Å². The largest absolute Gasteiger partial charge is 0.487 e. The number of fused-ring (bicyclic) bond motifs is 1. The molecule has 0 radical (unpaired) electrons. The number of hydrogen-bond donors (Lipinski definition) is 2. The van der Waals surface area contributed by atoms with Crippen LogP contribution in [0.3, 0.4) is 0 Å². The number of anilines is 2. The molecule has 67 heavy (non-hydrogen) atoms. The Balaban J connectivity index is 0.921. The van der Waals surface area contributed by atoms with Gasteiger partial charge in [0, 0.05) is 46.5 Å². The van der Waals surface area contributed by atoms with E-state index in [2.05, 4.69) is 50.0 Å². The first-order valence-electron chi connectivity index (χ1n) is 20.3. The molecule has 22 heteroatoms. The molecule has 0 unspecified atom stereocenters. The predicted molar refractivity (Wildman–Crippen MR) is 244 cm³/mol. The molecule has 0 aliphatic carbocycles. The van der Waals surface area contributed by atoms with Crippen molar-refractivity contribution in [2.45, 2.75) is 50.7 Å². The minimum Gasteiger partial charge on any atom is -0.487 e. The molecule has 20 nitrogen and oxygen atoms in total. The zero-order valence-corrected chi connectivity index (χ0v) is 37.6. The van der Waals surface area contributed by atoms with Gasteiger partial charge in [-0.3, -0.25) is 0 Å². The van der Waals surface area contributed by atoms with Crippen LogP contribution in [0.25, 0.3) is 33.5 Å². The topological polar surface area (TPSA) is 254 Å². The standard InChI is InChI=1S/C45H38N12O8S2/c1-27-18-28(2)47-44(46-27)52-66(59,60)37-14-10-34(11-15-37)56-23-32(50-54-56)25-63-36-20-40(43-39(31-8-6-5-7-9-31)22-42(58)65-41(43)21-36)64-26-33-24-57(55-51-33)35-12-16-38(17-13-35)67(61,62)53-45-48-29(3)19-30(4)49-45/h5-24H,25-26H2,1-4H3,(H,46,47,52)(H,48,49,53). The monoisotopic (exact) mass is 938 g/mol. The number of benzene rings is 4. The van der Waals surface area contributed by atoms with Crippen LogP contribution >= 0.6 is 0 Å². The van der Waals surface area contributed by atoms with Crippen molar-refractivity contribution in [2.75, 3.05) is 9.44 Å². The molecule has 5 aromatic heterocycles. The molecular formula is C45H38N12O8S2. The molecule has 0 aliphatic heterocycles. The molecule has 0 atom stereocenters. The third-order valence-corrected chi connectivity index (χ3v) is 12.6. The summed E-state index contributed by atoms with van der Waals surface area (Å²) in [6, 6.07) is 29.5. The molecule has 5 heterocycles. The summed E-state index contributed by atoms with van der Waals surface area (Å²) in [4.78, 5) is 29.6. The Labute approximate surface area is 382 Å². The number of ether oxygens (including phenoxy) is 2. The predicted octanol–water partition coefficient (Wildman–Crippen LogP) is 6.19. The highest BCUT2D eigenvalue weighted by Gasteiger charge is 2.20. The lowest BCUT2D eigenvalue weighted by molar-refractivity contribution is 0.287. The van der Waals surface area contributed by atoms with Gasteiger partial charge in [0.2, 0.25) is 11.9 Å². The number of aromatic nitrogens is 10. The Bertz CT molecular complexity index is 3540. The zero-order valence-electron chi connectivity index (χ0n) is 36.0. The molecule has 9 aromatic rings. The van der Waals surface area contributed by atoms with Gasteiger partial charge in [-0.2, -0.15) is 0 Å². The first kappa shape index (κ1) is 43.9. The van der Waals surface area contributed by atoms with Crippen LogP contribution < -0.4 is 24.5 Å². The molecule has 9 rings (SSSR count). The number of sulfonamides is 2. The lowest BCUT2D eigenvalue weighted by atomic mass is 10.0. The Hall–Kier alpha value is -8.37. The maximum Gasteiger partial charge on any atom is 0.336 e. The van der Waals surface area contributed by atoms with E-state index < -0.39 is 25.7 Å². The Morgan fingerprint density at radius 2 is 1.06 bits per heavy atom. The molecule has 2 N–H and O–H groups in total. The zero-order chi connectivity index (χ0) is 46.9. The van der Waals surface area contributed by atoms with E-state index >= 15 is 0 Å². The Kier molecular flexibility index (Phi) is 11.7. The van der Waals surface area contributed by atoms with E-state index in [0.29, 0.717) is 62.2 Å². The minimum absolute atomic E-state index is 0.00117. The van der Waals surface area contributed by atoms with E-state index in [-0.39, 0.29) is 46.2 Å². The van der Waals surface area contributed by atoms with Crippen molar-refractivity contribution in [1.82, 2.24) is 49.9 Å². The summed E-state index contributed by atoms with van der Waals surface area (Å²) >= 11 is 0. The van der Waals surface area contributed by atoms with Gasteiger partial charge in [0.15, 0.2) is 0 Å². The van der Waals surface area contributed by atoms with Crippen LogP contribution in [0, 0.1) is 27.7 Å². The fourth-order valence-corrected chi connectivity index (χ4v) is 8.92. The molecule has 0 bridgehead atoms. The summed E-state index contributed by atoms with van der Waals surface area (Å²) in [5.41, 5.74) is 5.38. The Morgan fingerprint density at radius 3 is 1.55 bits per heavy atom. The van der Waals surface area contributed by atoms with Crippen molar-refractivity contribution in [3.05, 3.63) is 166 Å². The van der Waals surface area contributed by atoms with Crippen molar-refractivity contribution >= 4 is 42.9 Å². The van der Waals surface area contributed by atoms with Crippen molar-refractivity contribution in [2.24, 2.45) is 0 Å². The van der Waals surface area contributed by atoms with Crippen LogP contribution in [0.15, 0.2) is 141 Å². The van der Waals surface area contributed by atoms with Crippen LogP contribution in [0.1, 0.15) is 34.2 Å². The summed E-state index contributed by atoms with van der Waals surface area (Å²) in [6.07, 6.45) is 3.27. The molecule has 0 saturated carbocycles. The van der Waals surface area contributed by atoms with Gasteiger partial charge in [-0.25, -0.2) is 60.4 Å². The SMILES string of the molecule is Cc1cc(C)nc(NS(=O)(=O)c2ccc(-n3cc(COc4cc(OCc5cn(-c6ccc(S(=O)(=O)Nc7nc(C)cc(C)n7)cc6)nn5)c5c(-c6ccccc6)cc(=O)oc5c4)nn3)cc2)n1. The summed E-state index contributed by atoms with van der Waals surface area (Å²) in [7, 11) is -7.95. The maximum atomic E-state index is 13.1. The molecule has 0 aliphatic rings. The molecule has 4 aromatic carbocycles. The highest BCUT2D eigenvalue weighted by molar-refractivity contribution is 7.93. The first-order chi connectivity index (χ1) is 32.1. The second kappa shape index (κ2) is 17.9. The van der Waals surface area contributed by atoms with Crippen LogP contribution in [-0.4, -0.2) is 66.8 Å². The van der Waals surface area contributed by atoms with Gasteiger partial charge >= 0.3 is 5.63 Å². The van der Waals surface area contributed by atoms with E-state index in [1.54, 1.807) is 88.6 Å². The normalized spacial score (nSPS) is 11.7. The fourth-order valence-electron chi connectivity index (χ4n) is 7.03. The highest BCUT2D eigenvalue weighted by Crippen LogP contribution is 2.38. The second-order valence-corrected chi connectivity index (χ2v) is 18.5. The van der Waals surface area contributed by atoms with E-state index in [0.717, 1.165) is 5.56 Å². The maximum absolute atomic E-state index is 13.1. The third kappa shape index (κ3) is 9.99. The van der Waals surface area contributed by atoms with Gasteiger partial charge in [-0.1, -0.05) is 40.8 Å². The van der Waals surface area contributed by atoms with Gasteiger partial charge in [0.1, 0.15) is 41.7 Å². The average molecular weight is 939 g/mol. The first-order valence-corrected chi connectivity index (χ1v) is 23.3. The molecule has 0 fully saturated rings. The number of aryl methyl sites for hydroxylation is 4. The summed E-state index contributed by atoms with van der Waals surface area (Å²) in [5, 5.41) is 17.4. The van der Waals surface area contributed by atoms with Crippen molar-refractivity contribution in [3.8, 4) is 34.0 Å². The number of hydrogen-bond acceptors (Lipinski definition) is 16. The van der Waals surface area contributed by atoms with Crippen LogP contribution in [-0.2, 0) is 33.3 Å². The lowest BCUT2D eigenvalue weighted by Crippen LogP contribution is -2.15. The number of nitrogens with one attached hydrogen (secondary N) is 2. The smallest absolute Gasteiger partial charge is 0.336 e. The van der Waals surface area contributed by atoms with E-state index in [9.17, 15) is 21.6 Å². The summed E-state index contributed by atoms with van der Waals surface area (Å²) in [6.45, 7) is 6.88. The number of nitrogens with zero attached hydrogens (tertiary/aromatic N) is 10. The van der Waals surface area contributed by atoms with Gasteiger partial charge in [-0.15, -0.1) is 10.2 Å². The minimum atomic E-state index is -3.98. The average Bonchev–Trinajstić information content (AvgIpc) is 3.97. The third-order valence-electron chi connectivity index (χ3n) is 9.95. The van der Waals surface area contributed by atoms with E-state index in [1.165, 1.54) is 39.7 Å². The van der Waals surface area contributed by atoms with Crippen molar-refractivity contribution in [3.63, 3.8) is 0 Å². The van der Waals surface area contributed by atoms with Gasteiger partial charge in [0.05, 0.1) is 38.9 Å². The quantitative estimate of drug-likeness (QED) is 0.109. The second-order valence-electron chi connectivity index (χ2n) is 15.2. The van der Waals surface area contributed by atoms with Crippen molar-refractivity contribution in [1.29, 1.82) is 0 Å². The van der Waals surface area contributed by atoms with Gasteiger partial charge in [0.25, 0.3) is 20.0 Å². The van der Waals surface area contributed by atoms with E-state index in [4.69, 9.17) is 13.9 Å². The van der Waals surface area contributed by atoms with Crippen LogP contribution in [0.2, 0.25) is 0 Å². The highest BCUT2D eigenvalue weighted by atomic mass is 32.2. The molecular weight excluding hydrogens is 901 g/mol. The Morgan fingerprint density at radius 1 is 0.582 bits per heavy atom. The molecule has 0 spiro atoms. The van der Waals surface area contributed by atoms with Gasteiger partial charge < -0.3 is 13.9 Å². The van der Waals surface area contributed by atoms with Crippen LogP contribution in [0.4, 0.5) is 11.9 Å². The summed E-state index contributed by atoms with van der Waals surface area (Å²) < 4.78 is 78.4. The molecule has 338 valence electrons. The van der Waals surface area contributed by atoms with Crippen LogP contribution in [0.5, 0.6) is 11.5 Å². The number of rotatable bonds is 15. The summed E-state index contributed by atoms with van der Waals surface area (Å²) in [5.74, 6) is 0.564. The lowest BCUT2D eigenvalue weighted by Gasteiger charge is -2.14. The van der Waals surface area contributed by atoms with E-state index in [1.807, 2.05) is 30.3 Å². The fraction of sp³-hybridized carbons (Fsp3) is 0.133. The van der Waals surface area contributed by atoms with Crippen molar-refractivity contribution < 1.29 is 30.7 Å². The molecule has 0 amide bonds.